The van der Waals surface area contributed by atoms with Gasteiger partial charge in [-0.15, -0.1) is 4.40 Å². The maximum atomic E-state index is 13.0. The normalized spacial score (nSPS) is 19.0. The minimum atomic E-state index is -3.72. The molecule has 0 radical (unpaired) electrons. The van der Waals surface area contributed by atoms with Gasteiger partial charge in [-0.2, -0.15) is 8.42 Å². The van der Waals surface area contributed by atoms with Crippen molar-refractivity contribution in [1.29, 1.82) is 0 Å². The molecule has 2 aromatic rings. The Labute approximate surface area is 181 Å². The van der Waals surface area contributed by atoms with Crippen molar-refractivity contribution in [3.8, 4) is 11.5 Å². The Kier molecular flexibility index (Phi) is 5.86. The van der Waals surface area contributed by atoms with Crippen molar-refractivity contribution < 1.29 is 22.7 Å². The van der Waals surface area contributed by atoms with E-state index < -0.39 is 16.1 Å². The summed E-state index contributed by atoms with van der Waals surface area (Å²) in [6, 6.07) is 11.8. The van der Waals surface area contributed by atoms with Gasteiger partial charge in [-0.1, -0.05) is 18.2 Å². The van der Waals surface area contributed by atoms with Crippen LogP contribution in [0.5, 0.6) is 11.5 Å². The summed E-state index contributed by atoms with van der Waals surface area (Å²) in [5.74, 6) is 1.46. The van der Waals surface area contributed by atoms with Crippen molar-refractivity contribution in [2.24, 2.45) is 4.40 Å². The molecule has 1 atom stereocenters. The lowest BCUT2D eigenvalue weighted by Gasteiger charge is -2.25. The van der Waals surface area contributed by atoms with Crippen LogP contribution in [0.2, 0.25) is 0 Å². The molecule has 2 aliphatic heterocycles. The summed E-state index contributed by atoms with van der Waals surface area (Å²) >= 11 is 0. The Hall–Kier alpha value is -3.07. The van der Waals surface area contributed by atoms with Gasteiger partial charge in [-0.25, -0.2) is 0 Å². The summed E-state index contributed by atoms with van der Waals surface area (Å²) in [5.41, 5.74) is 1.43. The number of hydrogen-bond acceptors (Lipinski definition) is 6. The first-order valence-electron chi connectivity index (χ1n) is 10.2. The molecule has 0 bridgehead atoms. The molecule has 0 unspecified atom stereocenters. The highest BCUT2D eigenvalue weighted by Crippen LogP contribution is 2.31. The van der Waals surface area contributed by atoms with Gasteiger partial charge in [0.2, 0.25) is 5.91 Å². The zero-order chi connectivity index (χ0) is 22.0. The second-order valence-electron chi connectivity index (χ2n) is 7.37. The number of fused-ring (bicyclic) bond motifs is 1. The number of methoxy groups -OCH3 is 1. The van der Waals surface area contributed by atoms with E-state index in [-0.39, 0.29) is 10.8 Å². The number of nitrogens with one attached hydrogen (secondary N) is 1. The number of nitrogens with zero attached hydrogens (tertiary/aromatic N) is 2. The smallest absolute Gasteiger partial charge is 0.285 e. The van der Waals surface area contributed by atoms with Crippen molar-refractivity contribution in [2.45, 2.75) is 37.2 Å². The maximum Gasteiger partial charge on any atom is 0.285 e. The lowest BCUT2D eigenvalue weighted by molar-refractivity contribution is -0.124. The fourth-order valence-electron chi connectivity index (χ4n) is 3.99. The lowest BCUT2D eigenvalue weighted by Crippen LogP contribution is -2.45. The van der Waals surface area contributed by atoms with Crippen LogP contribution in [0.1, 0.15) is 30.9 Å². The van der Waals surface area contributed by atoms with Gasteiger partial charge < -0.3 is 19.7 Å². The summed E-state index contributed by atoms with van der Waals surface area (Å²) in [4.78, 5) is 15.0. The van der Waals surface area contributed by atoms with Crippen LogP contribution in [0.3, 0.4) is 0 Å². The molecule has 1 N–H and O–H groups in total. The number of carbonyl (C=O) groups is 1. The Morgan fingerprint density at radius 2 is 2.03 bits per heavy atom. The molecular weight excluding hydrogens is 418 g/mol. The number of amidine groups is 1. The fourth-order valence-corrected chi connectivity index (χ4v) is 5.21. The van der Waals surface area contributed by atoms with Gasteiger partial charge in [0.1, 0.15) is 10.9 Å². The van der Waals surface area contributed by atoms with Crippen molar-refractivity contribution in [3.05, 3.63) is 53.6 Å². The maximum absolute atomic E-state index is 13.0. The van der Waals surface area contributed by atoms with E-state index in [9.17, 15) is 13.2 Å². The third kappa shape index (κ3) is 4.10. The van der Waals surface area contributed by atoms with E-state index in [1.165, 1.54) is 0 Å². The van der Waals surface area contributed by atoms with Gasteiger partial charge in [0.25, 0.3) is 10.0 Å². The number of benzene rings is 2. The molecule has 9 heteroatoms. The third-order valence-corrected chi connectivity index (χ3v) is 6.76. The Bertz CT molecular complexity index is 1130. The molecule has 2 heterocycles. The number of rotatable bonds is 6. The van der Waals surface area contributed by atoms with Crippen molar-refractivity contribution >= 4 is 21.8 Å². The third-order valence-electron chi connectivity index (χ3n) is 5.43. The van der Waals surface area contributed by atoms with E-state index in [0.29, 0.717) is 49.0 Å². The van der Waals surface area contributed by atoms with E-state index in [1.807, 2.05) is 25.1 Å². The monoisotopic (exact) mass is 443 g/mol. The molecule has 1 saturated heterocycles. The van der Waals surface area contributed by atoms with Crippen LogP contribution in [-0.4, -0.2) is 51.4 Å². The molecule has 164 valence electrons. The summed E-state index contributed by atoms with van der Waals surface area (Å²) in [5, 5.41) is 2.96. The van der Waals surface area contributed by atoms with Gasteiger partial charge >= 0.3 is 0 Å². The molecule has 0 spiro atoms. The summed E-state index contributed by atoms with van der Waals surface area (Å²) in [6.07, 6.45) is 1.43. The van der Waals surface area contributed by atoms with E-state index in [2.05, 4.69) is 9.71 Å². The number of hydrogen-bond donors (Lipinski definition) is 1. The van der Waals surface area contributed by atoms with Crippen LogP contribution in [-0.2, 0) is 21.4 Å². The highest BCUT2D eigenvalue weighted by molar-refractivity contribution is 7.90. The Morgan fingerprint density at radius 1 is 1.23 bits per heavy atom. The molecular formula is C22H25N3O5S. The van der Waals surface area contributed by atoms with Crippen molar-refractivity contribution in [1.82, 2.24) is 10.2 Å². The first kappa shape index (κ1) is 21.2. The average Bonchev–Trinajstić information content (AvgIpc) is 3.36. The van der Waals surface area contributed by atoms with E-state index >= 15 is 0 Å². The Morgan fingerprint density at radius 3 is 2.81 bits per heavy atom. The zero-order valence-corrected chi connectivity index (χ0v) is 18.3. The molecule has 0 aromatic heterocycles. The standard InChI is InChI=1S/C22H25N3O5S/c1-3-30-18-11-10-15(13-19(18)29-2)14-23-22(26)17-8-6-12-25(17)21-16-7-4-5-9-20(16)31(27,28)24-21/h4-5,7,9-11,13,17H,3,6,8,12,14H2,1-2H3,(H,23,26)/t17-/m0/s1. The number of sulfonamides is 1. The topological polar surface area (TPSA) is 97.3 Å². The largest absolute Gasteiger partial charge is 0.493 e. The van der Waals surface area contributed by atoms with Crippen LogP contribution in [0, 0.1) is 0 Å². The van der Waals surface area contributed by atoms with Crippen LogP contribution in [0.25, 0.3) is 0 Å². The van der Waals surface area contributed by atoms with Crippen molar-refractivity contribution in [2.75, 3.05) is 20.3 Å². The highest BCUT2D eigenvalue weighted by atomic mass is 32.2. The molecule has 2 aromatic carbocycles. The predicted molar refractivity (Wildman–Crippen MR) is 116 cm³/mol. The first-order chi connectivity index (χ1) is 14.9. The Balaban J connectivity index is 1.48. The molecule has 0 aliphatic carbocycles. The van der Waals surface area contributed by atoms with Gasteiger partial charge in [0.05, 0.1) is 13.7 Å². The van der Waals surface area contributed by atoms with Crippen LogP contribution in [0.15, 0.2) is 51.8 Å². The quantitative estimate of drug-likeness (QED) is 0.736. The van der Waals surface area contributed by atoms with Crippen molar-refractivity contribution in [3.63, 3.8) is 0 Å². The van der Waals surface area contributed by atoms with Crippen LogP contribution < -0.4 is 14.8 Å². The minimum Gasteiger partial charge on any atom is -0.493 e. The summed E-state index contributed by atoms with van der Waals surface area (Å²) in [7, 11) is -2.15. The van der Waals surface area contributed by atoms with E-state index in [0.717, 1.165) is 12.0 Å². The van der Waals surface area contributed by atoms with Gasteiger partial charge in [0, 0.05) is 18.7 Å². The second kappa shape index (κ2) is 8.58. The first-order valence-corrected chi connectivity index (χ1v) is 11.7. The molecule has 4 rings (SSSR count). The van der Waals surface area contributed by atoms with Gasteiger partial charge in [0.15, 0.2) is 17.3 Å². The fraction of sp³-hybridized carbons (Fsp3) is 0.364. The summed E-state index contributed by atoms with van der Waals surface area (Å²) in [6.45, 7) is 3.34. The predicted octanol–water partition coefficient (Wildman–Crippen LogP) is 2.32. The van der Waals surface area contributed by atoms with Gasteiger partial charge in [-0.05, 0) is 49.6 Å². The molecule has 1 amide bonds. The number of amides is 1. The van der Waals surface area contributed by atoms with Crippen LogP contribution in [0.4, 0.5) is 0 Å². The lowest BCUT2D eigenvalue weighted by atomic mass is 10.1. The number of ether oxygens (including phenoxy) is 2. The molecule has 1 fully saturated rings. The zero-order valence-electron chi connectivity index (χ0n) is 17.5. The molecule has 2 aliphatic rings. The molecule has 31 heavy (non-hydrogen) atoms. The average molecular weight is 444 g/mol. The van der Waals surface area contributed by atoms with Crippen LogP contribution >= 0.6 is 0 Å². The molecule has 8 nitrogen and oxygen atoms in total. The highest BCUT2D eigenvalue weighted by Gasteiger charge is 2.39. The van der Waals surface area contributed by atoms with E-state index in [1.54, 1.807) is 36.3 Å². The molecule has 0 saturated carbocycles. The SMILES string of the molecule is CCOc1ccc(CNC(=O)[C@@H]2CCCN2C2=NS(=O)(=O)c3ccccc32)cc1OC. The second-order valence-corrected chi connectivity index (χ2v) is 8.95. The van der Waals surface area contributed by atoms with Gasteiger partial charge in [-0.3, -0.25) is 4.79 Å². The number of carbonyl (C=O) groups excluding carboxylic acids is 1. The van der Waals surface area contributed by atoms with E-state index in [4.69, 9.17) is 9.47 Å². The number of likely N-dealkylation sites (tertiary alicyclic amines) is 1. The summed E-state index contributed by atoms with van der Waals surface area (Å²) < 4.78 is 39.7. The minimum absolute atomic E-state index is 0.158.